The number of aliphatic carboxylic acids is 2. The van der Waals surface area contributed by atoms with Crippen LogP contribution in [0, 0.1) is 0 Å². The van der Waals surface area contributed by atoms with Gasteiger partial charge in [-0.2, -0.15) is 13.1 Å². The summed E-state index contributed by atoms with van der Waals surface area (Å²) in [5.41, 5.74) is 13.2. The van der Waals surface area contributed by atoms with E-state index in [0.29, 0.717) is 13.1 Å². The standard InChI is InChI=1S/C4H10N2.C3H4O4.Pt/c5-3-1-2-4-6;4-2(5)1-3(6)7;/h5-6H,1-4H2;1H2,(H,4,5)(H,6,7);/q-2;;+2. The van der Waals surface area contributed by atoms with E-state index in [-0.39, 0.29) is 21.1 Å². The SMILES string of the molecule is O=C(O)CC(=O)O.[NH-]CCCC[NH-].[Pt+2]. The molecule has 0 radical (unpaired) electrons. The van der Waals surface area contributed by atoms with E-state index < -0.39 is 18.4 Å². The Labute approximate surface area is 96.9 Å². The minimum absolute atomic E-state index is 0. The fraction of sp³-hybridized carbons (Fsp3) is 0.714. The third-order valence-electron chi connectivity index (χ3n) is 0.906. The Morgan fingerprint density at radius 2 is 1.21 bits per heavy atom. The number of carbonyl (C=O) groups is 2. The molecule has 7 heteroatoms. The molecule has 4 N–H and O–H groups in total. The molecule has 14 heavy (non-hydrogen) atoms. The first kappa shape index (κ1) is 19.2. The number of hydrogen-bond donors (Lipinski definition) is 2. The van der Waals surface area contributed by atoms with Crippen molar-refractivity contribution >= 4 is 11.9 Å². The van der Waals surface area contributed by atoms with Gasteiger partial charge in [-0.05, 0) is 0 Å². The van der Waals surface area contributed by atoms with Crippen LogP contribution in [0.5, 0.6) is 0 Å². The molecule has 0 aliphatic rings. The molecule has 0 spiro atoms. The van der Waals surface area contributed by atoms with E-state index in [4.69, 9.17) is 21.7 Å². The molecule has 0 bridgehead atoms. The summed E-state index contributed by atoms with van der Waals surface area (Å²) in [7, 11) is 0. The summed E-state index contributed by atoms with van der Waals surface area (Å²) >= 11 is 0. The molecule has 0 amide bonds. The van der Waals surface area contributed by atoms with Gasteiger partial charge in [0.1, 0.15) is 6.42 Å². The second kappa shape index (κ2) is 15.0. The zero-order valence-electron chi connectivity index (χ0n) is 7.56. The van der Waals surface area contributed by atoms with E-state index in [2.05, 4.69) is 0 Å². The maximum atomic E-state index is 9.43. The van der Waals surface area contributed by atoms with Gasteiger partial charge < -0.3 is 21.7 Å². The summed E-state index contributed by atoms with van der Waals surface area (Å²) in [5.74, 6) is -2.62. The summed E-state index contributed by atoms with van der Waals surface area (Å²) in [4.78, 5) is 18.9. The van der Waals surface area contributed by atoms with E-state index in [1.54, 1.807) is 0 Å². The van der Waals surface area contributed by atoms with Gasteiger partial charge in [-0.3, -0.25) is 9.59 Å². The second-order valence-corrected chi connectivity index (χ2v) is 2.17. The first-order chi connectivity index (χ1) is 6.04. The molecule has 6 nitrogen and oxygen atoms in total. The van der Waals surface area contributed by atoms with Crippen molar-refractivity contribution in [1.82, 2.24) is 0 Å². The predicted molar refractivity (Wildman–Crippen MR) is 47.5 cm³/mol. The van der Waals surface area contributed by atoms with Crippen molar-refractivity contribution in [2.24, 2.45) is 0 Å². The Bertz CT molecular complexity index is 139. The first-order valence-electron chi connectivity index (χ1n) is 3.77. The predicted octanol–water partition coefficient (Wildman–Crippen LogP) is 1.41. The van der Waals surface area contributed by atoms with Crippen LogP contribution in [-0.2, 0) is 30.7 Å². The van der Waals surface area contributed by atoms with Gasteiger partial charge in [0.15, 0.2) is 0 Å². The fourth-order valence-electron chi connectivity index (χ4n) is 0.379. The largest absolute Gasteiger partial charge is 2.00 e. The number of nitrogens with one attached hydrogen (secondary N) is 2. The van der Waals surface area contributed by atoms with Gasteiger partial charge in [0.05, 0.1) is 0 Å². The average molecular weight is 385 g/mol. The molecule has 0 fully saturated rings. The second-order valence-electron chi connectivity index (χ2n) is 2.17. The van der Waals surface area contributed by atoms with Crippen molar-refractivity contribution in [3.8, 4) is 0 Å². The Balaban J connectivity index is -0.000000163. The molecule has 0 heterocycles. The van der Waals surface area contributed by atoms with Crippen LogP contribution in [0.1, 0.15) is 19.3 Å². The Kier molecular flexibility index (Phi) is 20.6. The molecule has 0 aromatic carbocycles. The zero-order valence-corrected chi connectivity index (χ0v) is 9.83. The summed E-state index contributed by atoms with van der Waals surface area (Å²) in [6.07, 6.45) is 0.979. The van der Waals surface area contributed by atoms with E-state index in [0.717, 1.165) is 12.8 Å². The summed E-state index contributed by atoms with van der Waals surface area (Å²) in [6.45, 7) is 0.970. The van der Waals surface area contributed by atoms with Crippen molar-refractivity contribution in [3.05, 3.63) is 11.5 Å². The summed E-state index contributed by atoms with van der Waals surface area (Å²) in [6, 6.07) is 0. The number of carboxylic acids is 2. The van der Waals surface area contributed by atoms with Gasteiger partial charge in [0, 0.05) is 0 Å². The molecule has 86 valence electrons. The van der Waals surface area contributed by atoms with Crippen LogP contribution in [-0.4, -0.2) is 35.2 Å². The third-order valence-corrected chi connectivity index (χ3v) is 0.906. The maximum Gasteiger partial charge on any atom is 2.00 e. The van der Waals surface area contributed by atoms with Crippen LogP contribution < -0.4 is 0 Å². The van der Waals surface area contributed by atoms with Gasteiger partial charge in [-0.25, -0.2) is 0 Å². The summed E-state index contributed by atoms with van der Waals surface area (Å²) < 4.78 is 0. The van der Waals surface area contributed by atoms with Crippen LogP contribution in [0.25, 0.3) is 11.5 Å². The summed E-state index contributed by atoms with van der Waals surface area (Å²) in [5, 5.41) is 15.4. The van der Waals surface area contributed by atoms with Gasteiger partial charge in [-0.1, -0.05) is 12.8 Å². The van der Waals surface area contributed by atoms with E-state index in [1.165, 1.54) is 0 Å². The van der Waals surface area contributed by atoms with E-state index in [9.17, 15) is 9.59 Å². The van der Waals surface area contributed by atoms with Crippen molar-refractivity contribution in [3.63, 3.8) is 0 Å². The molecule has 0 saturated carbocycles. The molecule has 0 unspecified atom stereocenters. The first-order valence-corrected chi connectivity index (χ1v) is 3.77. The number of rotatable bonds is 5. The molecule has 0 rings (SSSR count). The van der Waals surface area contributed by atoms with Crippen LogP contribution in [0.2, 0.25) is 0 Å². The molecular formula is C7H14N2O4Pt. The molecule has 0 aromatic heterocycles. The minimum Gasteiger partial charge on any atom is -0.677 e. The topological polar surface area (TPSA) is 122 Å². The number of carboxylic acid groups (broad SMARTS) is 2. The van der Waals surface area contributed by atoms with Crippen molar-refractivity contribution in [1.29, 1.82) is 0 Å². The number of hydrogen-bond acceptors (Lipinski definition) is 2. The van der Waals surface area contributed by atoms with Crippen LogP contribution in [0.15, 0.2) is 0 Å². The molecule has 0 saturated heterocycles. The quantitative estimate of drug-likeness (QED) is 0.549. The van der Waals surface area contributed by atoms with Crippen LogP contribution in [0.4, 0.5) is 0 Å². The fourth-order valence-corrected chi connectivity index (χ4v) is 0.379. The Hall–Kier alpha value is -0.452. The van der Waals surface area contributed by atoms with Crippen LogP contribution in [0.3, 0.4) is 0 Å². The minimum atomic E-state index is -1.31. The van der Waals surface area contributed by atoms with Crippen LogP contribution >= 0.6 is 0 Å². The van der Waals surface area contributed by atoms with E-state index in [1.807, 2.05) is 0 Å². The molecule has 0 aliphatic heterocycles. The monoisotopic (exact) mass is 385 g/mol. The Morgan fingerprint density at radius 1 is 0.929 bits per heavy atom. The van der Waals surface area contributed by atoms with Crippen molar-refractivity contribution in [2.75, 3.05) is 13.1 Å². The van der Waals surface area contributed by atoms with E-state index >= 15 is 0 Å². The zero-order chi connectivity index (χ0) is 10.7. The van der Waals surface area contributed by atoms with Crippen molar-refractivity contribution < 1.29 is 40.9 Å². The average Bonchev–Trinajstić information content (AvgIpc) is 1.99. The molecular weight excluding hydrogens is 371 g/mol. The molecule has 0 aromatic rings. The van der Waals surface area contributed by atoms with Gasteiger partial charge >= 0.3 is 33.0 Å². The smallest absolute Gasteiger partial charge is 0.677 e. The third kappa shape index (κ3) is 30.0. The molecule has 0 atom stereocenters. The van der Waals surface area contributed by atoms with Gasteiger partial charge in [0.2, 0.25) is 0 Å². The normalized spacial score (nSPS) is 7.86. The van der Waals surface area contributed by atoms with Crippen molar-refractivity contribution in [2.45, 2.75) is 19.3 Å². The number of unbranched alkanes of at least 4 members (excludes halogenated alkanes) is 1. The maximum absolute atomic E-state index is 9.43. The van der Waals surface area contributed by atoms with Gasteiger partial charge in [0.25, 0.3) is 0 Å². The van der Waals surface area contributed by atoms with Gasteiger partial charge in [-0.15, -0.1) is 0 Å². The molecule has 0 aliphatic carbocycles. The Morgan fingerprint density at radius 3 is 1.29 bits per heavy atom.